The van der Waals surface area contributed by atoms with Gasteiger partial charge in [-0.3, -0.25) is 9.98 Å². The minimum atomic E-state index is -4.89. The maximum Gasteiger partial charge on any atom is 0.416 e. The predicted octanol–water partition coefficient (Wildman–Crippen LogP) is 1.22. The Kier molecular flexibility index (Phi) is 4.99. The molecule has 11 heteroatoms. The van der Waals surface area contributed by atoms with Gasteiger partial charge in [0.15, 0.2) is 11.9 Å². The van der Waals surface area contributed by atoms with Gasteiger partial charge in [0.1, 0.15) is 12.4 Å². The number of nitrogens with zero attached hydrogens (tertiary/aromatic N) is 3. The molecule has 7 nitrogen and oxygen atoms in total. The zero-order valence-electron chi connectivity index (χ0n) is 12.1. The van der Waals surface area contributed by atoms with Gasteiger partial charge in [-0.05, 0) is 24.3 Å². The molecule has 0 aliphatic carbocycles. The highest BCUT2D eigenvalue weighted by Crippen LogP contribution is 2.23. The molecule has 1 aromatic heterocycles. The van der Waals surface area contributed by atoms with Crippen LogP contribution in [-0.2, 0) is 13.1 Å². The fourth-order valence-corrected chi connectivity index (χ4v) is 2.08. The first-order valence-electron chi connectivity index (χ1n) is 6.61. The van der Waals surface area contributed by atoms with Gasteiger partial charge in [0.2, 0.25) is 0 Å². The molecule has 0 saturated heterocycles. The van der Waals surface area contributed by atoms with Crippen LogP contribution in [0.1, 0.15) is 0 Å². The number of halogens is 4. The number of aliphatic hydroxyl groups excluding tert-OH is 1. The van der Waals surface area contributed by atoms with Crippen LogP contribution in [-0.4, -0.2) is 37.6 Å². The van der Waals surface area contributed by atoms with Gasteiger partial charge in [-0.15, -0.1) is 5.10 Å². The number of benzene rings is 1. The topological polar surface area (TPSA) is 110 Å². The molecular formula is C13H13ClF3N5O2. The molecule has 1 unspecified atom stereocenters. The van der Waals surface area contributed by atoms with Crippen molar-refractivity contribution in [3.63, 3.8) is 0 Å². The number of aromatic nitrogens is 3. The van der Waals surface area contributed by atoms with Gasteiger partial charge >= 0.3 is 11.9 Å². The fraction of sp³-hybridized carbons (Fsp3) is 0.308. The maximum atomic E-state index is 12.6. The van der Waals surface area contributed by atoms with E-state index >= 15 is 0 Å². The maximum absolute atomic E-state index is 12.6. The summed E-state index contributed by atoms with van der Waals surface area (Å²) in [4.78, 5) is 12.2. The van der Waals surface area contributed by atoms with Crippen molar-refractivity contribution < 1.29 is 18.3 Å². The smallest absolute Gasteiger partial charge is 0.386 e. The van der Waals surface area contributed by atoms with E-state index < -0.39 is 24.5 Å². The molecule has 0 fully saturated rings. The average molecular weight is 364 g/mol. The number of alkyl halides is 3. The van der Waals surface area contributed by atoms with Crippen LogP contribution in [0.3, 0.4) is 0 Å². The lowest BCUT2D eigenvalue weighted by atomic mass is 10.2. The van der Waals surface area contributed by atoms with E-state index in [4.69, 9.17) is 22.7 Å². The summed E-state index contributed by atoms with van der Waals surface area (Å²) >= 11 is 5.76. The van der Waals surface area contributed by atoms with Crippen molar-refractivity contribution in [2.75, 3.05) is 0 Å². The van der Waals surface area contributed by atoms with Crippen LogP contribution in [0.5, 0.6) is 0 Å². The average Bonchev–Trinajstić information content (AvgIpc) is 2.76. The van der Waals surface area contributed by atoms with Gasteiger partial charge < -0.3 is 10.8 Å². The first-order chi connectivity index (χ1) is 11.1. The molecule has 0 aliphatic rings. The Labute approximate surface area is 138 Å². The SMILES string of the molecule is N=C(N)Cn1nc(-c2ccc(Cl)cc2)n(CC(O)C(F)(F)F)c1=O. The molecule has 4 N–H and O–H groups in total. The van der Waals surface area contributed by atoms with E-state index in [9.17, 15) is 23.1 Å². The number of hydrogen-bond acceptors (Lipinski definition) is 4. The Morgan fingerprint density at radius 3 is 2.46 bits per heavy atom. The third kappa shape index (κ3) is 3.95. The summed E-state index contributed by atoms with van der Waals surface area (Å²) in [6.07, 6.45) is -7.63. The van der Waals surface area contributed by atoms with Crippen molar-refractivity contribution in [1.82, 2.24) is 14.3 Å². The summed E-state index contributed by atoms with van der Waals surface area (Å²) in [6.45, 7) is -1.41. The van der Waals surface area contributed by atoms with E-state index in [0.29, 0.717) is 15.2 Å². The molecule has 0 spiro atoms. The van der Waals surface area contributed by atoms with Crippen molar-refractivity contribution >= 4 is 17.4 Å². The van der Waals surface area contributed by atoms with Gasteiger partial charge in [-0.2, -0.15) is 13.2 Å². The fourth-order valence-electron chi connectivity index (χ4n) is 1.96. The summed E-state index contributed by atoms with van der Waals surface area (Å²) in [7, 11) is 0. The molecule has 1 atom stereocenters. The van der Waals surface area contributed by atoms with Crippen LogP contribution < -0.4 is 11.4 Å². The minimum absolute atomic E-state index is 0.0961. The van der Waals surface area contributed by atoms with Crippen LogP contribution in [0.25, 0.3) is 11.4 Å². The summed E-state index contributed by atoms with van der Waals surface area (Å²) in [5.41, 5.74) is 4.62. The third-order valence-corrected chi connectivity index (χ3v) is 3.33. The largest absolute Gasteiger partial charge is 0.416 e. The molecule has 0 saturated carbocycles. The normalized spacial score (nSPS) is 13.0. The highest BCUT2D eigenvalue weighted by molar-refractivity contribution is 6.30. The minimum Gasteiger partial charge on any atom is -0.386 e. The van der Waals surface area contributed by atoms with Crippen molar-refractivity contribution in [3.05, 3.63) is 39.8 Å². The molecule has 0 bridgehead atoms. The third-order valence-electron chi connectivity index (χ3n) is 3.08. The Morgan fingerprint density at radius 1 is 1.38 bits per heavy atom. The van der Waals surface area contributed by atoms with E-state index in [1.54, 1.807) is 0 Å². The second kappa shape index (κ2) is 6.65. The molecule has 0 amide bonds. The summed E-state index contributed by atoms with van der Waals surface area (Å²) in [5, 5.41) is 20.8. The Bertz CT molecular complexity index is 797. The number of rotatable bonds is 5. The highest BCUT2D eigenvalue weighted by Gasteiger charge is 2.39. The molecule has 1 aromatic carbocycles. The van der Waals surface area contributed by atoms with Crippen LogP contribution in [0.2, 0.25) is 5.02 Å². The van der Waals surface area contributed by atoms with Crippen LogP contribution in [0, 0.1) is 5.41 Å². The van der Waals surface area contributed by atoms with Crippen molar-refractivity contribution in [2.24, 2.45) is 5.73 Å². The van der Waals surface area contributed by atoms with Gasteiger partial charge in [-0.25, -0.2) is 9.48 Å². The Morgan fingerprint density at radius 2 is 1.96 bits per heavy atom. The molecule has 1 heterocycles. The van der Waals surface area contributed by atoms with Gasteiger partial charge in [-0.1, -0.05) is 11.6 Å². The van der Waals surface area contributed by atoms with Crippen molar-refractivity contribution in [2.45, 2.75) is 25.4 Å². The van der Waals surface area contributed by atoms with E-state index in [1.807, 2.05) is 0 Å². The summed E-state index contributed by atoms with van der Waals surface area (Å²) in [5.74, 6) is -0.484. The first-order valence-corrected chi connectivity index (χ1v) is 6.98. The second-order valence-corrected chi connectivity index (χ2v) is 5.40. The first kappa shape index (κ1) is 18.0. The number of nitrogens with one attached hydrogen (secondary N) is 1. The molecule has 24 heavy (non-hydrogen) atoms. The number of amidine groups is 1. The molecule has 0 radical (unpaired) electrons. The number of hydrogen-bond donors (Lipinski definition) is 3. The molecule has 130 valence electrons. The molecule has 0 aliphatic heterocycles. The monoisotopic (exact) mass is 363 g/mol. The van der Waals surface area contributed by atoms with E-state index in [1.165, 1.54) is 24.3 Å². The predicted molar refractivity (Wildman–Crippen MR) is 80.9 cm³/mol. The standard InChI is InChI=1S/C13H13ClF3N5O2/c14-8-3-1-7(2-4-8)11-20-22(6-10(18)19)12(24)21(11)5-9(23)13(15,16)17/h1-4,9,23H,5-6H2,(H3,18,19). The zero-order chi connectivity index (χ0) is 18.1. The van der Waals surface area contributed by atoms with Gasteiger partial charge in [0.05, 0.1) is 6.54 Å². The second-order valence-electron chi connectivity index (χ2n) is 4.96. The van der Waals surface area contributed by atoms with E-state index in [2.05, 4.69) is 5.10 Å². The summed E-state index contributed by atoms with van der Waals surface area (Å²) in [6, 6.07) is 5.91. The Balaban J connectivity index is 2.53. The molecule has 2 rings (SSSR count). The van der Waals surface area contributed by atoms with Crippen LogP contribution >= 0.6 is 11.6 Å². The van der Waals surface area contributed by atoms with Crippen LogP contribution in [0.15, 0.2) is 29.1 Å². The quantitative estimate of drug-likeness (QED) is 0.548. The summed E-state index contributed by atoms with van der Waals surface area (Å²) < 4.78 is 39.3. The highest BCUT2D eigenvalue weighted by atomic mass is 35.5. The lowest BCUT2D eigenvalue weighted by Crippen LogP contribution is -2.37. The zero-order valence-corrected chi connectivity index (χ0v) is 12.8. The molecular weight excluding hydrogens is 351 g/mol. The van der Waals surface area contributed by atoms with Gasteiger partial charge in [0.25, 0.3) is 0 Å². The molecule has 2 aromatic rings. The number of nitrogens with two attached hydrogens (primary N) is 1. The van der Waals surface area contributed by atoms with E-state index in [0.717, 1.165) is 4.68 Å². The van der Waals surface area contributed by atoms with Crippen molar-refractivity contribution in [1.29, 1.82) is 5.41 Å². The lowest BCUT2D eigenvalue weighted by molar-refractivity contribution is -0.207. The van der Waals surface area contributed by atoms with Gasteiger partial charge in [0, 0.05) is 10.6 Å². The van der Waals surface area contributed by atoms with Crippen LogP contribution in [0.4, 0.5) is 13.2 Å². The lowest BCUT2D eigenvalue weighted by Gasteiger charge is -2.15. The number of aliphatic hydroxyl groups is 1. The van der Waals surface area contributed by atoms with Crippen molar-refractivity contribution in [3.8, 4) is 11.4 Å². The Hall–Kier alpha value is -2.33. The van der Waals surface area contributed by atoms with E-state index in [-0.39, 0.29) is 18.2 Å².